The highest BCUT2D eigenvalue weighted by Gasteiger charge is 2.25. The molecule has 0 saturated carbocycles. The molecule has 1 atom stereocenters. The Morgan fingerprint density at radius 2 is 1.69 bits per heavy atom. The number of hydrogen-bond acceptors (Lipinski definition) is 8. The van der Waals surface area contributed by atoms with Crippen LogP contribution in [0.4, 0.5) is 0 Å². The predicted octanol–water partition coefficient (Wildman–Crippen LogP) is 2.83. The van der Waals surface area contributed by atoms with Crippen LogP contribution in [0.25, 0.3) is 27.9 Å². The molecule has 1 aliphatic rings. The number of sulfone groups is 1. The second-order valence-corrected chi connectivity index (χ2v) is 13.5. The van der Waals surface area contributed by atoms with E-state index in [-0.39, 0.29) is 21.5 Å². The van der Waals surface area contributed by atoms with Crippen LogP contribution in [0.5, 0.6) is 0 Å². The van der Waals surface area contributed by atoms with E-state index in [1.165, 1.54) is 16.4 Å². The van der Waals surface area contributed by atoms with E-state index < -0.39 is 19.9 Å². The molecule has 1 unspecified atom stereocenters. The van der Waals surface area contributed by atoms with Crippen LogP contribution in [-0.2, 0) is 31.0 Å². The fourth-order valence-corrected chi connectivity index (χ4v) is 6.79. The van der Waals surface area contributed by atoms with E-state index in [9.17, 15) is 16.8 Å². The number of fused-ring (bicyclic) bond motifs is 3. The quantitative estimate of drug-likeness (QED) is 0.333. The number of nitrogens with zero attached hydrogens (tertiary/aromatic N) is 4. The normalized spacial score (nSPS) is 16.7. The number of aryl methyl sites for hydroxylation is 1. The second-order valence-electron chi connectivity index (χ2n) is 9.69. The van der Waals surface area contributed by atoms with Crippen molar-refractivity contribution in [1.29, 1.82) is 0 Å². The molecule has 10 nitrogen and oxygen atoms in total. The number of ether oxygens (including phenoxy) is 1. The van der Waals surface area contributed by atoms with Crippen molar-refractivity contribution >= 4 is 36.5 Å². The van der Waals surface area contributed by atoms with Crippen molar-refractivity contribution in [3.05, 3.63) is 78.4 Å². The van der Waals surface area contributed by atoms with Crippen molar-refractivity contribution in [2.24, 2.45) is 0 Å². The zero-order chi connectivity index (χ0) is 27.4. The molecule has 12 heteroatoms. The van der Waals surface area contributed by atoms with E-state index in [1.807, 2.05) is 11.3 Å². The van der Waals surface area contributed by atoms with Crippen LogP contribution in [0.2, 0.25) is 0 Å². The maximum atomic E-state index is 13.5. The molecule has 0 bridgehead atoms. The van der Waals surface area contributed by atoms with E-state index in [4.69, 9.17) is 9.72 Å². The van der Waals surface area contributed by atoms with Gasteiger partial charge in [0, 0.05) is 37.5 Å². The van der Waals surface area contributed by atoms with Crippen LogP contribution in [0.15, 0.2) is 76.8 Å². The van der Waals surface area contributed by atoms with Crippen molar-refractivity contribution in [3.63, 3.8) is 0 Å². The van der Waals surface area contributed by atoms with Gasteiger partial charge in [0.05, 0.1) is 45.4 Å². The third-order valence-electron chi connectivity index (χ3n) is 6.89. The number of imidazole rings is 1. The Morgan fingerprint density at radius 1 is 0.974 bits per heavy atom. The summed E-state index contributed by atoms with van der Waals surface area (Å²) in [6, 6.07) is 15.0. The first-order valence-electron chi connectivity index (χ1n) is 12.5. The zero-order valence-electron chi connectivity index (χ0n) is 21.4. The molecule has 2 aromatic carbocycles. The number of benzene rings is 2. The van der Waals surface area contributed by atoms with Gasteiger partial charge in [0.2, 0.25) is 0 Å². The Morgan fingerprint density at radius 3 is 2.36 bits per heavy atom. The van der Waals surface area contributed by atoms with Gasteiger partial charge >= 0.3 is 0 Å². The summed E-state index contributed by atoms with van der Waals surface area (Å²) in [7, 11) is -7.23. The minimum absolute atomic E-state index is 0.105. The van der Waals surface area contributed by atoms with Gasteiger partial charge in [-0.2, -0.15) is 0 Å². The molecule has 5 aromatic rings. The summed E-state index contributed by atoms with van der Waals surface area (Å²) in [5.74, 6) is 0.693. The topological polar surface area (TPSA) is 125 Å². The first-order chi connectivity index (χ1) is 18.6. The van der Waals surface area contributed by atoms with Gasteiger partial charge in [-0.25, -0.2) is 30.8 Å². The average molecular weight is 566 g/mol. The molecule has 0 amide bonds. The Kier molecular flexibility index (Phi) is 6.29. The van der Waals surface area contributed by atoms with Crippen LogP contribution in [0.3, 0.4) is 0 Å². The zero-order valence-corrected chi connectivity index (χ0v) is 23.0. The number of morpholine rings is 1. The SMILES string of the molecule is Cc1ccc(S(=O)(=O)n2ccc3c2ncc2c(-c4ccc(S(C)(=O)=O)cc4)nc(CC4CNCCO4)n23)cc1. The molecular formula is C27H27N5O5S2. The average Bonchev–Trinajstić information content (AvgIpc) is 3.51. The number of rotatable bonds is 6. The van der Waals surface area contributed by atoms with Crippen LogP contribution in [-0.4, -0.2) is 67.2 Å². The fraction of sp³-hybridized carbons (Fsp3) is 0.259. The summed E-state index contributed by atoms with van der Waals surface area (Å²) in [6.07, 6.45) is 4.67. The Balaban J connectivity index is 1.53. The van der Waals surface area contributed by atoms with Crippen LogP contribution in [0, 0.1) is 6.92 Å². The highest BCUT2D eigenvalue weighted by atomic mass is 32.2. The molecule has 4 heterocycles. The van der Waals surface area contributed by atoms with Crippen molar-refractivity contribution < 1.29 is 21.6 Å². The second kappa shape index (κ2) is 9.56. The molecule has 1 aliphatic heterocycles. The Labute approximate surface area is 226 Å². The van der Waals surface area contributed by atoms with E-state index in [1.54, 1.807) is 60.8 Å². The van der Waals surface area contributed by atoms with E-state index in [2.05, 4.69) is 10.3 Å². The van der Waals surface area contributed by atoms with Crippen LogP contribution >= 0.6 is 0 Å². The van der Waals surface area contributed by atoms with Gasteiger partial charge in [0.1, 0.15) is 5.82 Å². The summed E-state index contributed by atoms with van der Waals surface area (Å²) < 4.78 is 60.0. The van der Waals surface area contributed by atoms with E-state index in [0.29, 0.717) is 42.1 Å². The summed E-state index contributed by atoms with van der Waals surface area (Å²) in [5, 5.41) is 3.33. The minimum atomic E-state index is -3.88. The lowest BCUT2D eigenvalue weighted by Gasteiger charge is -2.23. The van der Waals surface area contributed by atoms with Gasteiger partial charge in [-0.15, -0.1) is 0 Å². The van der Waals surface area contributed by atoms with Crippen LogP contribution < -0.4 is 5.32 Å². The van der Waals surface area contributed by atoms with Crippen molar-refractivity contribution in [2.75, 3.05) is 26.0 Å². The summed E-state index contributed by atoms with van der Waals surface area (Å²) in [4.78, 5) is 9.90. The molecule has 0 spiro atoms. The van der Waals surface area contributed by atoms with Gasteiger partial charge in [-0.05, 0) is 37.3 Å². The number of aromatic nitrogens is 4. The maximum Gasteiger partial charge on any atom is 0.269 e. The van der Waals surface area contributed by atoms with Gasteiger partial charge in [-0.1, -0.05) is 29.8 Å². The molecule has 6 rings (SSSR count). The van der Waals surface area contributed by atoms with Gasteiger partial charge < -0.3 is 10.1 Å². The van der Waals surface area contributed by atoms with Gasteiger partial charge in [0.25, 0.3) is 10.0 Å². The molecule has 3 aromatic heterocycles. The number of hydrogen-bond donors (Lipinski definition) is 1. The Bertz CT molecular complexity index is 1900. The highest BCUT2D eigenvalue weighted by Crippen LogP contribution is 2.31. The Hall–Kier alpha value is -3.58. The fourth-order valence-electron chi connectivity index (χ4n) is 4.87. The van der Waals surface area contributed by atoms with Crippen molar-refractivity contribution in [3.8, 4) is 11.3 Å². The molecule has 0 radical (unpaired) electrons. The maximum absolute atomic E-state index is 13.5. The van der Waals surface area contributed by atoms with Gasteiger partial charge in [-0.3, -0.25) is 4.40 Å². The number of nitrogens with one attached hydrogen (secondary N) is 1. The molecule has 202 valence electrons. The van der Waals surface area contributed by atoms with Gasteiger partial charge in [0.15, 0.2) is 15.5 Å². The molecule has 39 heavy (non-hydrogen) atoms. The van der Waals surface area contributed by atoms with E-state index in [0.717, 1.165) is 17.7 Å². The predicted molar refractivity (Wildman–Crippen MR) is 147 cm³/mol. The molecule has 1 saturated heterocycles. The first-order valence-corrected chi connectivity index (χ1v) is 15.8. The van der Waals surface area contributed by atoms with Crippen LogP contribution in [0.1, 0.15) is 11.4 Å². The molecular weight excluding hydrogens is 538 g/mol. The lowest BCUT2D eigenvalue weighted by atomic mass is 10.1. The largest absolute Gasteiger partial charge is 0.375 e. The lowest BCUT2D eigenvalue weighted by Crippen LogP contribution is -2.39. The lowest BCUT2D eigenvalue weighted by molar-refractivity contribution is 0.0280. The first kappa shape index (κ1) is 25.7. The summed E-state index contributed by atoms with van der Waals surface area (Å²) in [5.41, 5.74) is 3.86. The standard InChI is InChI=1S/C27H27N5O5S2/c1-18-3-7-22(8-4-18)39(35,36)31-13-11-23-27(31)29-17-24-26(19-5-9-21(10-6-19)38(2,33)34)30-25(32(23)24)15-20-16-28-12-14-37-20/h3-11,13,17,20,28H,12,14-16H2,1-2H3. The van der Waals surface area contributed by atoms with Crippen molar-refractivity contribution in [2.45, 2.75) is 29.2 Å². The van der Waals surface area contributed by atoms with E-state index >= 15 is 0 Å². The third-order valence-corrected chi connectivity index (χ3v) is 9.70. The highest BCUT2D eigenvalue weighted by molar-refractivity contribution is 7.90. The van der Waals surface area contributed by atoms with Crippen molar-refractivity contribution in [1.82, 2.24) is 23.7 Å². The smallest absolute Gasteiger partial charge is 0.269 e. The molecule has 1 N–H and O–H groups in total. The monoisotopic (exact) mass is 565 g/mol. The third kappa shape index (κ3) is 4.63. The minimum Gasteiger partial charge on any atom is -0.375 e. The molecule has 0 aliphatic carbocycles. The molecule has 1 fully saturated rings. The summed E-state index contributed by atoms with van der Waals surface area (Å²) in [6.45, 7) is 3.95. The summed E-state index contributed by atoms with van der Waals surface area (Å²) >= 11 is 0.